The molecule has 1 fully saturated rings. The number of methoxy groups -OCH3 is 1. The van der Waals surface area contributed by atoms with Crippen molar-refractivity contribution >= 4 is 5.97 Å². The Bertz CT molecular complexity index is 491. The second-order valence-corrected chi connectivity index (χ2v) is 5.14. The van der Waals surface area contributed by atoms with Crippen molar-refractivity contribution in [3.05, 3.63) is 29.8 Å². The highest BCUT2D eigenvalue weighted by Crippen LogP contribution is 2.33. The van der Waals surface area contributed by atoms with E-state index in [2.05, 4.69) is 0 Å². The molecule has 1 saturated carbocycles. The third kappa shape index (κ3) is 4.12. The first kappa shape index (κ1) is 15.7. The molecule has 1 aromatic rings. The van der Waals surface area contributed by atoms with Crippen molar-refractivity contribution in [1.29, 1.82) is 0 Å². The summed E-state index contributed by atoms with van der Waals surface area (Å²) in [6.07, 6.45) is -1.99. The molecule has 3 nitrogen and oxygen atoms in total. The lowest BCUT2D eigenvalue weighted by molar-refractivity contribution is -0.147. The molecule has 0 saturated heterocycles. The minimum absolute atomic E-state index is 0.128. The fourth-order valence-electron chi connectivity index (χ4n) is 2.52. The van der Waals surface area contributed by atoms with E-state index in [9.17, 15) is 18.0 Å². The topological polar surface area (TPSA) is 35.5 Å². The van der Waals surface area contributed by atoms with E-state index in [-0.39, 0.29) is 23.7 Å². The third-order valence-corrected chi connectivity index (χ3v) is 3.67. The van der Waals surface area contributed by atoms with Crippen LogP contribution in [-0.4, -0.2) is 19.2 Å². The number of ether oxygens (including phenoxy) is 2. The maximum atomic E-state index is 12.6. The Morgan fingerprint density at radius 1 is 1.19 bits per heavy atom. The van der Waals surface area contributed by atoms with E-state index >= 15 is 0 Å². The first-order valence-electron chi connectivity index (χ1n) is 6.82. The maximum absolute atomic E-state index is 12.6. The number of esters is 1. The highest BCUT2D eigenvalue weighted by atomic mass is 19.4. The molecule has 6 heteroatoms. The molecule has 0 N–H and O–H groups in total. The number of carbonyl (C=O) groups is 1. The van der Waals surface area contributed by atoms with Gasteiger partial charge in [-0.1, -0.05) is 6.07 Å². The van der Waals surface area contributed by atoms with Gasteiger partial charge in [-0.05, 0) is 43.9 Å². The van der Waals surface area contributed by atoms with E-state index in [1.54, 1.807) is 0 Å². The van der Waals surface area contributed by atoms with Crippen molar-refractivity contribution in [2.45, 2.75) is 38.0 Å². The number of alkyl halides is 3. The van der Waals surface area contributed by atoms with Crippen molar-refractivity contribution in [3.63, 3.8) is 0 Å². The Hall–Kier alpha value is -1.72. The van der Waals surface area contributed by atoms with Gasteiger partial charge in [0.25, 0.3) is 0 Å². The van der Waals surface area contributed by atoms with Gasteiger partial charge in [0.1, 0.15) is 5.75 Å². The van der Waals surface area contributed by atoms with Gasteiger partial charge in [-0.2, -0.15) is 13.2 Å². The van der Waals surface area contributed by atoms with Gasteiger partial charge < -0.3 is 9.47 Å². The highest BCUT2D eigenvalue weighted by Gasteiger charge is 2.31. The van der Waals surface area contributed by atoms with E-state index in [1.165, 1.54) is 19.2 Å². The molecule has 0 unspecified atom stereocenters. The fourth-order valence-corrected chi connectivity index (χ4v) is 2.52. The van der Waals surface area contributed by atoms with Crippen LogP contribution in [-0.2, 0) is 15.7 Å². The number of benzene rings is 1. The number of carbonyl (C=O) groups excluding carboxylic acids is 1. The summed E-state index contributed by atoms with van der Waals surface area (Å²) in [5, 5.41) is 0. The first-order chi connectivity index (χ1) is 9.90. The van der Waals surface area contributed by atoms with Crippen LogP contribution < -0.4 is 4.74 Å². The van der Waals surface area contributed by atoms with Gasteiger partial charge >= 0.3 is 12.1 Å². The highest BCUT2D eigenvalue weighted by molar-refractivity contribution is 5.72. The monoisotopic (exact) mass is 302 g/mol. The number of rotatable bonds is 3. The summed E-state index contributed by atoms with van der Waals surface area (Å²) < 4.78 is 48.1. The lowest BCUT2D eigenvalue weighted by Gasteiger charge is -2.27. The van der Waals surface area contributed by atoms with Gasteiger partial charge in [-0.3, -0.25) is 4.79 Å². The Kier molecular flexibility index (Phi) is 4.75. The molecule has 0 aromatic heterocycles. The second kappa shape index (κ2) is 6.37. The van der Waals surface area contributed by atoms with Crippen LogP contribution >= 0.6 is 0 Å². The fraction of sp³-hybridized carbons (Fsp3) is 0.533. The van der Waals surface area contributed by atoms with Crippen LogP contribution in [0.2, 0.25) is 0 Å². The molecule has 2 rings (SSSR count). The zero-order valence-electron chi connectivity index (χ0n) is 11.7. The van der Waals surface area contributed by atoms with Gasteiger partial charge in [0, 0.05) is 0 Å². The molecule has 0 bridgehead atoms. The standard InChI is InChI=1S/C15H17F3O3/c1-20-14(19)10-5-7-12(8-6-10)21-13-4-2-3-11(9-13)15(16,17)18/h2-4,9-10,12H,5-8H2,1H3/t10-,12-. The Morgan fingerprint density at radius 2 is 1.86 bits per heavy atom. The summed E-state index contributed by atoms with van der Waals surface area (Å²) >= 11 is 0. The zero-order chi connectivity index (χ0) is 15.5. The van der Waals surface area contributed by atoms with Crippen LogP contribution in [0, 0.1) is 5.92 Å². The van der Waals surface area contributed by atoms with Crippen LogP contribution in [0.4, 0.5) is 13.2 Å². The van der Waals surface area contributed by atoms with Crippen molar-refractivity contribution in [3.8, 4) is 5.75 Å². The average molecular weight is 302 g/mol. The van der Waals surface area contributed by atoms with E-state index < -0.39 is 11.7 Å². The van der Waals surface area contributed by atoms with E-state index in [0.29, 0.717) is 25.7 Å². The van der Waals surface area contributed by atoms with Gasteiger partial charge in [0.05, 0.1) is 24.7 Å². The van der Waals surface area contributed by atoms with Crippen LogP contribution in [0.3, 0.4) is 0 Å². The van der Waals surface area contributed by atoms with Crippen molar-refractivity contribution in [1.82, 2.24) is 0 Å². The average Bonchev–Trinajstić information content (AvgIpc) is 2.47. The van der Waals surface area contributed by atoms with Gasteiger partial charge in [-0.15, -0.1) is 0 Å². The quantitative estimate of drug-likeness (QED) is 0.796. The molecule has 0 atom stereocenters. The molecule has 0 amide bonds. The summed E-state index contributed by atoms with van der Waals surface area (Å²) in [7, 11) is 1.35. The predicted molar refractivity (Wildman–Crippen MR) is 69.8 cm³/mol. The van der Waals surface area contributed by atoms with Gasteiger partial charge in [0.15, 0.2) is 0 Å². The SMILES string of the molecule is COC(=O)[C@H]1CC[C@H](Oc2cccc(C(F)(F)F)c2)CC1. The Morgan fingerprint density at radius 3 is 2.43 bits per heavy atom. The molecule has 1 aliphatic rings. The lowest BCUT2D eigenvalue weighted by Crippen LogP contribution is -2.28. The molecule has 0 aliphatic heterocycles. The van der Waals surface area contributed by atoms with Crippen molar-refractivity contribution < 1.29 is 27.4 Å². The predicted octanol–water partition coefficient (Wildman–Crippen LogP) is 3.82. The number of hydrogen-bond donors (Lipinski definition) is 0. The summed E-state index contributed by atoms with van der Waals surface area (Å²) in [5.41, 5.74) is -0.719. The third-order valence-electron chi connectivity index (χ3n) is 3.67. The van der Waals surface area contributed by atoms with E-state index in [4.69, 9.17) is 9.47 Å². The molecule has 0 heterocycles. The molecule has 1 aromatic carbocycles. The smallest absolute Gasteiger partial charge is 0.416 e. The minimum Gasteiger partial charge on any atom is -0.490 e. The van der Waals surface area contributed by atoms with Crippen LogP contribution in [0.5, 0.6) is 5.75 Å². The molecule has 0 spiro atoms. The first-order valence-corrected chi connectivity index (χ1v) is 6.82. The largest absolute Gasteiger partial charge is 0.490 e. The van der Waals surface area contributed by atoms with Crippen LogP contribution in [0.15, 0.2) is 24.3 Å². The molecular formula is C15H17F3O3. The van der Waals surface area contributed by atoms with E-state index in [0.717, 1.165) is 12.1 Å². The molecule has 21 heavy (non-hydrogen) atoms. The second-order valence-electron chi connectivity index (χ2n) is 5.14. The summed E-state index contributed by atoms with van der Waals surface area (Å²) in [5.74, 6) is -0.143. The normalized spacial score (nSPS) is 22.7. The summed E-state index contributed by atoms with van der Waals surface area (Å²) in [4.78, 5) is 11.4. The van der Waals surface area contributed by atoms with Gasteiger partial charge in [-0.25, -0.2) is 0 Å². The molecular weight excluding hydrogens is 285 g/mol. The molecule has 0 radical (unpaired) electrons. The molecule has 116 valence electrons. The number of halogens is 3. The van der Waals surface area contributed by atoms with Crippen LogP contribution in [0.25, 0.3) is 0 Å². The Labute approximate surface area is 121 Å². The number of hydrogen-bond acceptors (Lipinski definition) is 3. The van der Waals surface area contributed by atoms with Crippen molar-refractivity contribution in [2.24, 2.45) is 5.92 Å². The Balaban J connectivity index is 1.93. The van der Waals surface area contributed by atoms with Crippen molar-refractivity contribution in [2.75, 3.05) is 7.11 Å². The minimum atomic E-state index is -4.37. The maximum Gasteiger partial charge on any atom is 0.416 e. The zero-order valence-corrected chi connectivity index (χ0v) is 11.7. The summed E-state index contributed by atoms with van der Waals surface area (Å²) in [6.45, 7) is 0. The van der Waals surface area contributed by atoms with Gasteiger partial charge in [0.2, 0.25) is 0 Å². The van der Waals surface area contributed by atoms with E-state index in [1.807, 2.05) is 0 Å². The molecule has 1 aliphatic carbocycles. The summed E-state index contributed by atoms with van der Waals surface area (Å²) in [6, 6.07) is 4.87. The lowest BCUT2D eigenvalue weighted by atomic mass is 9.87. The van der Waals surface area contributed by atoms with Crippen LogP contribution in [0.1, 0.15) is 31.2 Å².